The summed E-state index contributed by atoms with van der Waals surface area (Å²) >= 11 is 0. The van der Waals surface area contributed by atoms with Crippen LogP contribution in [-0.4, -0.2) is 23.5 Å². The molecule has 1 heterocycles. The van der Waals surface area contributed by atoms with Crippen LogP contribution in [0.3, 0.4) is 0 Å². The van der Waals surface area contributed by atoms with Crippen molar-refractivity contribution in [2.45, 2.75) is 13.8 Å². The molecule has 0 atom stereocenters. The first kappa shape index (κ1) is 17.4. The van der Waals surface area contributed by atoms with Gasteiger partial charge in [-0.2, -0.15) is 0 Å². The fourth-order valence-corrected chi connectivity index (χ4v) is 2.74. The minimum absolute atomic E-state index is 0.0437. The lowest BCUT2D eigenvalue weighted by Crippen LogP contribution is -2.22. The zero-order valence-electron chi connectivity index (χ0n) is 14.4. The maximum atomic E-state index is 12.4. The number of aromatic carboxylic acids is 1. The Morgan fingerprint density at radius 2 is 1.96 bits per heavy atom. The zero-order chi connectivity index (χ0) is 18.7. The van der Waals surface area contributed by atoms with Crippen molar-refractivity contribution in [1.82, 2.24) is 4.98 Å². The van der Waals surface area contributed by atoms with Gasteiger partial charge in [-0.25, -0.2) is 4.79 Å². The second kappa shape index (κ2) is 7.23. The predicted molar refractivity (Wildman–Crippen MR) is 96.5 cm³/mol. The average Bonchev–Trinajstić information content (AvgIpc) is 2.63. The summed E-state index contributed by atoms with van der Waals surface area (Å²) < 4.78 is 5.12. The van der Waals surface area contributed by atoms with Gasteiger partial charge >= 0.3 is 5.97 Å². The summed E-state index contributed by atoms with van der Waals surface area (Å²) in [4.78, 5) is 27.8. The molecule has 0 aliphatic carbocycles. The summed E-state index contributed by atoms with van der Waals surface area (Å²) in [5.41, 5.74) is 3.08. The SMILES string of the molecule is CCOC(=O)c1cnc2c(C)cccc2c1Nc1cccc(C(=O)[O-])c1. The maximum absolute atomic E-state index is 12.4. The van der Waals surface area contributed by atoms with E-state index < -0.39 is 11.9 Å². The number of esters is 1. The molecule has 6 heteroatoms. The number of carboxylic acids is 1. The number of benzene rings is 2. The van der Waals surface area contributed by atoms with Crippen LogP contribution in [0.1, 0.15) is 33.2 Å². The van der Waals surface area contributed by atoms with Crippen molar-refractivity contribution in [2.75, 3.05) is 11.9 Å². The Labute approximate surface area is 150 Å². The molecule has 1 N–H and O–H groups in total. The number of fused-ring (bicyclic) bond motifs is 1. The van der Waals surface area contributed by atoms with Crippen LogP contribution in [0.5, 0.6) is 0 Å². The largest absolute Gasteiger partial charge is 0.545 e. The lowest BCUT2D eigenvalue weighted by atomic mass is 10.1. The Morgan fingerprint density at radius 3 is 2.69 bits per heavy atom. The molecule has 3 rings (SSSR count). The normalized spacial score (nSPS) is 10.5. The molecule has 0 saturated heterocycles. The van der Waals surface area contributed by atoms with Gasteiger partial charge < -0.3 is 20.0 Å². The minimum Gasteiger partial charge on any atom is -0.545 e. The van der Waals surface area contributed by atoms with E-state index >= 15 is 0 Å². The number of carbonyl (C=O) groups excluding carboxylic acids is 2. The van der Waals surface area contributed by atoms with Gasteiger partial charge in [0.25, 0.3) is 0 Å². The van der Waals surface area contributed by atoms with Crippen LogP contribution in [0.4, 0.5) is 11.4 Å². The maximum Gasteiger partial charge on any atom is 0.341 e. The zero-order valence-corrected chi connectivity index (χ0v) is 14.4. The molecule has 0 unspecified atom stereocenters. The number of nitrogens with one attached hydrogen (secondary N) is 1. The Hall–Kier alpha value is -3.41. The van der Waals surface area contributed by atoms with Gasteiger partial charge in [-0.15, -0.1) is 0 Å². The number of ether oxygens (including phenoxy) is 1. The van der Waals surface area contributed by atoms with Crippen molar-refractivity contribution < 1.29 is 19.4 Å². The lowest BCUT2D eigenvalue weighted by Gasteiger charge is -2.15. The Balaban J connectivity index is 2.16. The fourth-order valence-electron chi connectivity index (χ4n) is 2.74. The fraction of sp³-hybridized carbons (Fsp3) is 0.150. The molecular formula is C20H17N2O4-. The van der Waals surface area contributed by atoms with E-state index in [4.69, 9.17) is 4.74 Å². The van der Waals surface area contributed by atoms with Gasteiger partial charge in [0.15, 0.2) is 0 Å². The molecule has 0 amide bonds. The molecule has 0 aliphatic heterocycles. The number of carboxylic acid groups (broad SMARTS) is 1. The van der Waals surface area contributed by atoms with Gasteiger partial charge in [-0.05, 0) is 37.1 Å². The lowest BCUT2D eigenvalue weighted by molar-refractivity contribution is -0.255. The van der Waals surface area contributed by atoms with Crippen LogP contribution in [0.25, 0.3) is 10.9 Å². The molecule has 0 aliphatic rings. The first-order valence-electron chi connectivity index (χ1n) is 8.15. The van der Waals surface area contributed by atoms with E-state index in [0.29, 0.717) is 11.4 Å². The smallest absolute Gasteiger partial charge is 0.341 e. The van der Waals surface area contributed by atoms with Crippen molar-refractivity contribution >= 4 is 34.2 Å². The molecule has 132 valence electrons. The Kier molecular flexibility index (Phi) is 4.84. The highest BCUT2D eigenvalue weighted by Gasteiger charge is 2.17. The topological polar surface area (TPSA) is 91.3 Å². The minimum atomic E-state index is -1.27. The molecule has 26 heavy (non-hydrogen) atoms. The van der Waals surface area contributed by atoms with E-state index in [1.165, 1.54) is 18.3 Å². The average molecular weight is 349 g/mol. The molecule has 0 saturated carbocycles. The Bertz CT molecular complexity index is 998. The van der Waals surface area contributed by atoms with Crippen molar-refractivity contribution in [2.24, 2.45) is 0 Å². The molecule has 0 bridgehead atoms. The standard InChI is InChI=1S/C20H18N2O4/c1-3-26-20(25)16-11-21-17-12(2)6-4-9-15(17)18(16)22-14-8-5-7-13(10-14)19(23)24/h4-11H,3H2,1-2H3,(H,21,22)(H,23,24)/p-1. The van der Waals surface area contributed by atoms with Gasteiger partial charge in [-0.1, -0.05) is 30.3 Å². The molecule has 0 fully saturated rings. The highest BCUT2D eigenvalue weighted by Crippen LogP contribution is 2.31. The highest BCUT2D eigenvalue weighted by atomic mass is 16.5. The van der Waals surface area contributed by atoms with E-state index in [2.05, 4.69) is 10.3 Å². The van der Waals surface area contributed by atoms with Gasteiger partial charge in [0.1, 0.15) is 5.56 Å². The third kappa shape index (κ3) is 3.35. The summed E-state index contributed by atoms with van der Waals surface area (Å²) in [6, 6.07) is 11.9. The molecular weight excluding hydrogens is 332 g/mol. The van der Waals surface area contributed by atoms with Crippen molar-refractivity contribution in [3.63, 3.8) is 0 Å². The Morgan fingerprint density at radius 1 is 1.19 bits per heavy atom. The van der Waals surface area contributed by atoms with E-state index in [0.717, 1.165) is 16.5 Å². The number of anilines is 2. The summed E-state index contributed by atoms with van der Waals surface area (Å²) in [6.45, 7) is 3.90. The molecule has 0 radical (unpaired) electrons. The quantitative estimate of drug-likeness (QED) is 0.712. The van der Waals surface area contributed by atoms with Crippen LogP contribution in [-0.2, 0) is 4.74 Å². The van der Waals surface area contributed by atoms with Crippen LogP contribution >= 0.6 is 0 Å². The number of aryl methyl sites for hydroxylation is 1. The van der Waals surface area contributed by atoms with Gasteiger partial charge in [0, 0.05) is 17.3 Å². The third-order valence-corrected chi connectivity index (χ3v) is 3.96. The number of hydrogen-bond acceptors (Lipinski definition) is 6. The van der Waals surface area contributed by atoms with Crippen LogP contribution in [0.2, 0.25) is 0 Å². The third-order valence-electron chi connectivity index (χ3n) is 3.96. The van der Waals surface area contributed by atoms with Crippen LogP contribution in [0, 0.1) is 6.92 Å². The summed E-state index contributed by atoms with van der Waals surface area (Å²) in [5.74, 6) is -1.77. The first-order chi connectivity index (χ1) is 12.5. The first-order valence-corrected chi connectivity index (χ1v) is 8.15. The molecule has 6 nitrogen and oxygen atoms in total. The van der Waals surface area contributed by atoms with Gasteiger partial charge in [0.2, 0.25) is 0 Å². The second-order valence-electron chi connectivity index (χ2n) is 5.73. The van der Waals surface area contributed by atoms with Crippen molar-refractivity contribution in [3.05, 3.63) is 65.4 Å². The number of aromatic nitrogens is 1. The number of nitrogens with zero attached hydrogens (tertiary/aromatic N) is 1. The van der Waals surface area contributed by atoms with E-state index in [-0.39, 0.29) is 17.7 Å². The molecule has 2 aromatic carbocycles. The highest BCUT2D eigenvalue weighted by molar-refractivity contribution is 6.06. The molecule has 1 aromatic heterocycles. The number of rotatable bonds is 5. The molecule has 0 spiro atoms. The monoisotopic (exact) mass is 349 g/mol. The van der Waals surface area contributed by atoms with E-state index in [1.54, 1.807) is 19.1 Å². The predicted octanol–water partition coefficient (Wildman–Crippen LogP) is 2.83. The van der Waals surface area contributed by atoms with Crippen molar-refractivity contribution in [3.8, 4) is 0 Å². The molecule has 3 aromatic rings. The number of para-hydroxylation sites is 1. The number of hydrogen-bond donors (Lipinski definition) is 1. The van der Waals surface area contributed by atoms with E-state index in [9.17, 15) is 14.7 Å². The second-order valence-corrected chi connectivity index (χ2v) is 5.73. The van der Waals surface area contributed by atoms with E-state index in [1.807, 2.05) is 25.1 Å². The number of pyridine rings is 1. The van der Waals surface area contributed by atoms with Gasteiger partial charge in [-0.3, -0.25) is 4.98 Å². The summed E-state index contributed by atoms with van der Waals surface area (Å²) in [5, 5.41) is 15.0. The van der Waals surface area contributed by atoms with Crippen LogP contribution in [0.15, 0.2) is 48.7 Å². The van der Waals surface area contributed by atoms with Gasteiger partial charge in [0.05, 0.1) is 23.8 Å². The summed E-state index contributed by atoms with van der Waals surface area (Å²) in [6.07, 6.45) is 1.47. The van der Waals surface area contributed by atoms with Crippen LogP contribution < -0.4 is 10.4 Å². The van der Waals surface area contributed by atoms with Crippen molar-refractivity contribution in [1.29, 1.82) is 0 Å². The summed E-state index contributed by atoms with van der Waals surface area (Å²) in [7, 11) is 0. The number of carbonyl (C=O) groups is 2.